The second-order valence-corrected chi connectivity index (χ2v) is 6.29. The summed E-state index contributed by atoms with van der Waals surface area (Å²) in [7, 11) is 0. The summed E-state index contributed by atoms with van der Waals surface area (Å²) in [6, 6.07) is 9.05. The summed E-state index contributed by atoms with van der Waals surface area (Å²) in [5.41, 5.74) is 2.46. The van der Waals surface area contributed by atoms with Crippen molar-refractivity contribution in [1.82, 2.24) is 15.2 Å². The van der Waals surface area contributed by atoms with Gasteiger partial charge in [0.05, 0.1) is 11.3 Å². The normalized spacial score (nSPS) is 15.9. The third-order valence-electron chi connectivity index (χ3n) is 4.34. The summed E-state index contributed by atoms with van der Waals surface area (Å²) >= 11 is 0. The number of hydrogen-bond donors (Lipinski definition) is 2. The van der Waals surface area contributed by atoms with Crippen LogP contribution in [0.15, 0.2) is 42.7 Å². The summed E-state index contributed by atoms with van der Waals surface area (Å²) < 4.78 is 0. The van der Waals surface area contributed by atoms with Gasteiger partial charge in [-0.15, -0.1) is 24.8 Å². The van der Waals surface area contributed by atoms with Gasteiger partial charge in [-0.3, -0.25) is 14.6 Å². The zero-order valence-electron chi connectivity index (χ0n) is 15.3. The quantitative estimate of drug-likeness (QED) is 0.815. The molecule has 0 bridgehead atoms. The molecule has 2 aromatic rings. The lowest BCUT2D eigenvalue weighted by atomic mass is 10.1. The first-order valence-electron chi connectivity index (χ1n) is 8.40. The Balaban J connectivity index is 0.00000182. The number of amides is 2. The molecule has 146 valence electrons. The van der Waals surface area contributed by atoms with Gasteiger partial charge in [-0.25, -0.2) is 0 Å². The van der Waals surface area contributed by atoms with Crippen LogP contribution in [0, 0.1) is 6.92 Å². The molecule has 0 saturated carbocycles. The van der Waals surface area contributed by atoms with Gasteiger partial charge in [-0.05, 0) is 37.6 Å². The number of para-hydroxylation sites is 1. The number of benzene rings is 1. The highest BCUT2D eigenvalue weighted by atomic mass is 35.5. The van der Waals surface area contributed by atoms with Gasteiger partial charge in [-0.1, -0.05) is 12.1 Å². The summed E-state index contributed by atoms with van der Waals surface area (Å²) in [5.74, 6) is -0.304. The second kappa shape index (κ2) is 10.3. The fourth-order valence-corrected chi connectivity index (χ4v) is 2.99. The minimum absolute atomic E-state index is 0. The van der Waals surface area contributed by atoms with E-state index in [-0.39, 0.29) is 42.7 Å². The van der Waals surface area contributed by atoms with E-state index in [1.807, 2.05) is 24.0 Å². The summed E-state index contributed by atoms with van der Waals surface area (Å²) in [6.45, 7) is 6.04. The van der Waals surface area contributed by atoms with E-state index in [0.717, 1.165) is 12.1 Å². The molecule has 6 nitrogen and oxygen atoms in total. The molecule has 1 unspecified atom stereocenters. The van der Waals surface area contributed by atoms with Gasteiger partial charge in [-0.2, -0.15) is 0 Å². The number of rotatable bonds is 3. The average Bonchev–Trinajstić information content (AvgIpc) is 2.63. The topological polar surface area (TPSA) is 74.3 Å². The van der Waals surface area contributed by atoms with Crippen LogP contribution in [0.1, 0.15) is 33.2 Å². The Bertz CT molecular complexity index is 787. The first-order valence-corrected chi connectivity index (χ1v) is 8.40. The Labute approximate surface area is 171 Å². The van der Waals surface area contributed by atoms with Crippen LogP contribution in [0.25, 0.3) is 0 Å². The zero-order chi connectivity index (χ0) is 17.8. The zero-order valence-corrected chi connectivity index (χ0v) is 16.9. The third kappa shape index (κ3) is 5.42. The molecule has 1 aliphatic heterocycles. The molecule has 1 aromatic heterocycles. The molecule has 2 amide bonds. The van der Waals surface area contributed by atoms with E-state index in [9.17, 15) is 9.59 Å². The van der Waals surface area contributed by atoms with Crippen LogP contribution in [0.2, 0.25) is 0 Å². The van der Waals surface area contributed by atoms with Crippen LogP contribution < -0.4 is 10.6 Å². The molecule has 27 heavy (non-hydrogen) atoms. The smallest absolute Gasteiger partial charge is 0.256 e. The molecule has 1 saturated heterocycles. The van der Waals surface area contributed by atoms with E-state index in [1.54, 1.807) is 30.6 Å². The van der Waals surface area contributed by atoms with Crippen molar-refractivity contribution in [2.45, 2.75) is 19.9 Å². The van der Waals surface area contributed by atoms with Gasteiger partial charge in [0.2, 0.25) is 0 Å². The maximum absolute atomic E-state index is 13.0. The molecule has 1 atom stereocenters. The van der Waals surface area contributed by atoms with Gasteiger partial charge in [0, 0.05) is 43.6 Å². The van der Waals surface area contributed by atoms with Crippen LogP contribution in [-0.4, -0.2) is 47.4 Å². The first kappa shape index (κ1) is 22.9. The predicted molar refractivity (Wildman–Crippen MR) is 111 cm³/mol. The molecule has 8 heteroatoms. The number of carbonyl (C=O) groups is 2. The van der Waals surface area contributed by atoms with E-state index >= 15 is 0 Å². The molecule has 3 rings (SSSR count). The van der Waals surface area contributed by atoms with Crippen molar-refractivity contribution in [3.63, 3.8) is 0 Å². The molecule has 1 fully saturated rings. The van der Waals surface area contributed by atoms with E-state index in [4.69, 9.17) is 0 Å². The molecule has 0 radical (unpaired) electrons. The van der Waals surface area contributed by atoms with Crippen molar-refractivity contribution in [3.8, 4) is 0 Å². The molecule has 1 aliphatic rings. The summed E-state index contributed by atoms with van der Waals surface area (Å²) in [4.78, 5) is 31.2. The van der Waals surface area contributed by atoms with Crippen molar-refractivity contribution < 1.29 is 9.59 Å². The van der Waals surface area contributed by atoms with Crippen LogP contribution in [-0.2, 0) is 0 Å². The molecular weight excluding hydrogens is 387 g/mol. The van der Waals surface area contributed by atoms with Crippen LogP contribution in [0.3, 0.4) is 0 Å². The van der Waals surface area contributed by atoms with Crippen molar-refractivity contribution in [2.75, 3.05) is 25.0 Å². The Morgan fingerprint density at radius 3 is 2.56 bits per heavy atom. The van der Waals surface area contributed by atoms with Crippen LogP contribution >= 0.6 is 24.8 Å². The number of halogens is 2. The summed E-state index contributed by atoms with van der Waals surface area (Å²) in [5, 5.41) is 6.22. The second-order valence-electron chi connectivity index (χ2n) is 6.29. The minimum atomic E-state index is -0.251. The predicted octanol–water partition coefficient (Wildman–Crippen LogP) is 2.92. The van der Waals surface area contributed by atoms with Gasteiger partial charge in [0.1, 0.15) is 0 Å². The fraction of sp³-hybridized carbons (Fsp3) is 0.316. The van der Waals surface area contributed by atoms with E-state index in [2.05, 4.69) is 22.5 Å². The highest BCUT2D eigenvalue weighted by Crippen LogP contribution is 2.23. The van der Waals surface area contributed by atoms with E-state index in [0.29, 0.717) is 29.9 Å². The lowest BCUT2D eigenvalue weighted by Gasteiger charge is -2.32. The van der Waals surface area contributed by atoms with Crippen LogP contribution in [0.5, 0.6) is 0 Å². The third-order valence-corrected chi connectivity index (χ3v) is 4.34. The number of piperazine rings is 1. The lowest BCUT2D eigenvalue weighted by Crippen LogP contribution is -2.51. The maximum Gasteiger partial charge on any atom is 0.256 e. The van der Waals surface area contributed by atoms with Gasteiger partial charge in [0.15, 0.2) is 0 Å². The van der Waals surface area contributed by atoms with Crippen molar-refractivity contribution in [1.29, 1.82) is 0 Å². The molecule has 0 aliphatic carbocycles. The van der Waals surface area contributed by atoms with E-state index in [1.165, 1.54) is 0 Å². The van der Waals surface area contributed by atoms with Crippen molar-refractivity contribution in [3.05, 3.63) is 59.4 Å². The molecule has 2 heterocycles. The van der Waals surface area contributed by atoms with Gasteiger partial charge < -0.3 is 15.5 Å². The lowest BCUT2D eigenvalue weighted by molar-refractivity contribution is 0.0710. The Morgan fingerprint density at radius 1 is 1.19 bits per heavy atom. The van der Waals surface area contributed by atoms with Crippen molar-refractivity contribution in [2.24, 2.45) is 0 Å². The standard InChI is InChI=1S/C19H22N4O2.2ClH/c1-13-4-3-5-16(19(25)23-11-10-21-14(2)12-23)17(13)22-18(24)15-6-8-20-9-7-15;;/h3-9,14,21H,10-12H2,1-2H3,(H,22,24);2*1H. The molecule has 2 N–H and O–H groups in total. The molecule has 0 spiro atoms. The monoisotopic (exact) mass is 410 g/mol. The number of aryl methyl sites for hydroxylation is 1. The Hall–Kier alpha value is -2.15. The van der Waals surface area contributed by atoms with Crippen LogP contribution in [0.4, 0.5) is 5.69 Å². The number of anilines is 1. The first-order chi connectivity index (χ1) is 12.1. The van der Waals surface area contributed by atoms with E-state index < -0.39 is 0 Å². The van der Waals surface area contributed by atoms with Gasteiger partial charge in [0.25, 0.3) is 11.8 Å². The molecule has 1 aromatic carbocycles. The minimum Gasteiger partial charge on any atom is -0.336 e. The average molecular weight is 411 g/mol. The number of pyridine rings is 1. The number of carbonyl (C=O) groups excluding carboxylic acids is 2. The highest BCUT2D eigenvalue weighted by Gasteiger charge is 2.24. The number of aromatic nitrogens is 1. The fourth-order valence-electron chi connectivity index (χ4n) is 2.99. The van der Waals surface area contributed by atoms with Gasteiger partial charge >= 0.3 is 0 Å². The Morgan fingerprint density at radius 2 is 1.89 bits per heavy atom. The number of nitrogens with one attached hydrogen (secondary N) is 2. The molecular formula is C19H24Cl2N4O2. The largest absolute Gasteiger partial charge is 0.336 e. The Kier molecular flexibility index (Phi) is 8.69. The number of hydrogen-bond acceptors (Lipinski definition) is 4. The maximum atomic E-state index is 13.0. The summed E-state index contributed by atoms with van der Waals surface area (Å²) in [6.07, 6.45) is 3.14. The van der Waals surface area contributed by atoms with Crippen molar-refractivity contribution >= 4 is 42.3 Å². The number of nitrogens with zero attached hydrogens (tertiary/aromatic N) is 2. The SMILES string of the molecule is Cc1cccc(C(=O)N2CCNC(C)C2)c1NC(=O)c1ccncc1.Cl.Cl. The highest BCUT2D eigenvalue weighted by molar-refractivity contribution is 6.09.